The van der Waals surface area contributed by atoms with E-state index in [0.29, 0.717) is 23.9 Å². The lowest BCUT2D eigenvalue weighted by Gasteiger charge is -2.34. The highest BCUT2D eigenvalue weighted by Crippen LogP contribution is 2.21. The number of rotatable bonds is 4. The summed E-state index contributed by atoms with van der Waals surface area (Å²) in [6.07, 6.45) is 2.75. The maximum absolute atomic E-state index is 12.5. The van der Waals surface area contributed by atoms with E-state index in [-0.39, 0.29) is 17.9 Å². The van der Waals surface area contributed by atoms with Crippen LogP contribution in [0.25, 0.3) is 0 Å². The Bertz CT molecular complexity index is 456. The van der Waals surface area contributed by atoms with Crippen LogP contribution in [0.4, 0.5) is 0 Å². The van der Waals surface area contributed by atoms with Crippen LogP contribution in [0.2, 0.25) is 0 Å². The van der Waals surface area contributed by atoms with E-state index < -0.39 is 0 Å². The number of nitrogens with one attached hydrogen (secondary N) is 1. The van der Waals surface area contributed by atoms with Gasteiger partial charge in [0.1, 0.15) is 6.04 Å². The lowest BCUT2D eigenvalue weighted by Crippen LogP contribution is -2.52. The van der Waals surface area contributed by atoms with Gasteiger partial charge in [-0.2, -0.15) is 0 Å². The molecule has 1 saturated heterocycles. The maximum Gasteiger partial charge on any atom is 0.264 e. The second-order valence-electron chi connectivity index (χ2n) is 5.63. The van der Waals surface area contributed by atoms with Gasteiger partial charge in [0.25, 0.3) is 5.91 Å². The summed E-state index contributed by atoms with van der Waals surface area (Å²) >= 11 is 1.43. The van der Waals surface area contributed by atoms with Gasteiger partial charge in [-0.25, -0.2) is 0 Å². The van der Waals surface area contributed by atoms with E-state index in [9.17, 15) is 9.59 Å². The zero-order valence-electron chi connectivity index (χ0n) is 12.1. The van der Waals surface area contributed by atoms with Gasteiger partial charge in [0.05, 0.1) is 4.88 Å². The Morgan fingerprint density at radius 2 is 2.25 bits per heavy atom. The highest BCUT2D eigenvalue weighted by atomic mass is 32.1. The van der Waals surface area contributed by atoms with Crippen LogP contribution in [0.1, 0.15) is 42.8 Å². The average molecular weight is 294 g/mol. The van der Waals surface area contributed by atoms with Gasteiger partial charge in [-0.1, -0.05) is 19.9 Å². The predicted octanol–water partition coefficient (Wildman–Crippen LogP) is 2.52. The molecule has 0 aromatic carbocycles. The van der Waals surface area contributed by atoms with Crippen molar-refractivity contribution in [2.24, 2.45) is 5.92 Å². The third-order valence-corrected chi connectivity index (χ3v) is 4.34. The highest BCUT2D eigenvalue weighted by Gasteiger charge is 2.32. The van der Waals surface area contributed by atoms with Gasteiger partial charge in [0.2, 0.25) is 5.91 Å². The Morgan fingerprint density at radius 1 is 1.45 bits per heavy atom. The van der Waals surface area contributed by atoms with E-state index >= 15 is 0 Å². The van der Waals surface area contributed by atoms with Gasteiger partial charge < -0.3 is 10.2 Å². The first kappa shape index (κ1) is 15.0. The van der Waals surface area contributed by atoms with E-state index in [1.165, 1.54) is 11.3 Å². The van der Waals surface area contributed by atoms with Crippen LogP contribution in [-0.4, -0.2) is 35.8 Å². The summed E-state index contributed by atoms with van der Waals surface area (Å²) in [5, 5.41) is 4.85. The molecule has 5 heteroatoms. The first-order chi connectivity index (χ1) is 9.59. The Balaban J connectivity index is 2.05. The molecule has 2 rings (SSSR count). The fourth-order valence-corrected chi connectivity index (χ4v) is 3.09. The summed E-state index contributed by atoms with van der Waals surface area (Å²) in [6.45, 7) is 5.47. The molecule has 2 heterocycles. The van der Waals surface area contributed by atoms with E-state index in [1.807, 2.05) is 17.5 Å². The molecule has 1 aromatic heterocycles. The molecule has 0 bridgehead atoms. The maximum atomic E-state index is 12.5. The minimum absolute atomic E-state index is 0.00982. The second kappa shape index (κ2) is 6.88. The van der Waals surface area contributed by atoms with Crippen LogP contribution in [0, 0.1) is 5.92 Å². The highest BCUT2D eigenvalue weighted by molar-refractivity contribution is 7.12. The van der Waals surface area contributed by atoms with Crippen LogP contribution < -0.4 is 5.32 Å². The van der Waals surface area contributed by atoms with Gasteiger partial charge >= 0.3 is 0 Å². The van der Waals surface area contributed by atoms with Crippen molar-refractivity contribution in [2.45, 2.75) is 39.2 Å². The molecule has 0 aliphatic carbocycles. The summed E-state index contributed by atoms with van der Waals surface area (Å²) in [4.78, 5) is 27.2. The molecule has 1 aromatic rings. The normalized spacial score (nSPS) is 19.1. The molecule has 0 radical (unpaired) electrons. The van der Waals surface area contributed by atoms with Gasteiger partial charge in [0, 0.05) is 13.1 Å². The first-order valence-corrected chi connectivity index (χ1v) is 8.09. The fraction of sp³-hybridized carbons (Fsp3) is 0.600. The molecule has 1 aliphatic rings. The fourth-order valence-electron chi connectivity index (χ4n) is 2.41. The standard InChI is InChI=1S/C15H22N2O2S/c1-11(2)10-16-14(18)12-6-3-4-8-17(12)15(19)13-7-5-9-20-13/h5,7,9,11-12H,3-4,6,8,10H2,1-2H3,(H,16,18). The van der Waals surface area contributed by atoms with Crippen molar-refractivity contribution in [3.8, 4) is 0 Å². The number of likely N-dealkylation sites (tertiary alicyclic amines) is 1. The van der Waals surface area contributed by atoms with Crippen molar-refractivity contribution in [1.82, 2.24) is 10.2 Å². The zero-order chi connectivity index (χ0) is 14.5. The Kier molecular flexibility index (Phi) is 5.17. The van der Waals surface area contributed by atoms with E-state index in [4.69, 9.17) is 0 Å². The molecule has 1 unspecified atom stereocenters. The minimum Gasteiger partial charge on any atom is -0.354 e. The molecule has 110 valence electrons. The lowest BCUT2D eigenvalue weighted by molar-refractivity contribution is -0.126. The second-order valence-corrected chi connectivity index (χ2v) is 6.57. The quantitative estimate of drug-likeness (QED) is 0.927. The third kappa shape index (κ3) is 3.60. The van der Waals surface area contributed by atoms with Crippen molar-refractivity contribution in [2.75, 3.05) is 13.1 Å². The van der Waals surface area contributed by atoms with E-state index in [1.54, 1.807) is 4.90 Å². The number of nitrogens with zero attached hydrogens (tertiary/aromatic N) is 1. The number of amides is 2. The lowest BCUT2D eigenvalue weighted by atomic mass is 10.0. The van der Waals surface area contributed by atoms with Crippen molar-refractivity contribution in [3.05, 3.63) is 22.4 Å². The van der Waals surface area contributed by atoms with Crippen LogP contribution in [-0.2, 0) is 4.79 Å². The largest absolute Gasteiger partial charge is 0.354 e. The smallest absolute Gasteiger partial charge is 0.264 e. The summed E-state index contributed by atoms with van der Waals surface area (Å²) in [7, 11) is 0. The van der Waals surface area contributed by atoms with E-state index in [2.05, 4.69) is 19.2 Å². The van der Waals surface area contributed by atoms with E-state index in [0.717, 1.165) is 19.3 Å². The minimum atomic E-state index is -0.308. The monoisotopic (exact) mass is 294 g/mol. The van der Waals surface area contributed by atoms with Crippen molar-refractivity contribution < 1.29 is 9.59 Å². The number of carbonyl (C=O) groups excluding carboxylic acids is 2. The third-order valence-electron chi connectivity index (χ3n) is 3.48. The van der Waals surface area contributed by atoms with Crippen LogP contribution in [0.5, 0.6) is 0 Å². The van der Waals surface area contributed by atoms with Gasteiger partial charge in [-0.3, -0.25) is 9.59 Å². The van der Waals surface area contributed by atoms with Crippen LogP contribution in [0.3, 0.4) is 0 Å². The molecule has 0 spiro atoms. The number of hydrogen-bond donors (Lipinski definition) is 1. The molecule has 0 saturated carbocycles. The zero-order valence-corrected chi connectivity index (χ0v) is 12.9. The molecule has 4 nitrogen and oxygen atoms in total. The molecule has 20 heavy (non-hydrogen) atoms. The van der Waals surface area contributed by atoms with Crippen molar-refractivity contribution in [3.63, 3.8) is 0 Å². The van der Waals surface area contributed by atoms with Crippen molar-refractivity contribution >= 4 is 23.2 Å². The summed E-state index contributed by atoms with van der Waals surface area (Å²) < 4.78 is 0. The molecule has 1 atom stereocenters. The van der Waals surface area contributed by atoms with Gasteiger partial charge in [-0.15, -0.1) is 11.3 Å². The number of hydrogen-bond acceptors (Lipinski definition) is 3. The topological polar surface area (TPSA) is 49.4 Å². The number of thiophene rings is 1. The molecule has 2 amide bonds. The Labute approximate surface area is 124 Å². The van der Waals surface area contributed by atoms with Gasteiger partial charge in [0.15, 0.2) is 0 Å². The summed E-state index contributed by atoms with van der Waals surface area (Å²) in [6, 6.07) is 3.39. The SMILES string of the molecule is CC(C)CNC(=O)C1CCCCN1C(=O)c1cccs1. The Hall–Kier alpha value is -1.36. The molecule has 1 aliphatic heterocycles. The molecule has 1 fully saturated rings. The number of piperidine rings is 1. The average Bonchev–Trinajstić information content (AvgIpc) is 2.98. The Morgan fingerprint density at radius 3 is 2.90 bits per heavy atom. The van der Waals surface area contributed by atoms with Crippen molar-refractivity contribution in [1.29, 1.82) is 0 Å². The number of carbonyl (C=O) groups is 2. The molecule has 1 N–H and O–H groups in total. The first-order valence-electron chi connectivity index (χ1n) is 7.21. The van der Waals surface area contributed by atoms with Crippen LogP contribution >= 0.6 is 11.3 Å². The summed E-state index contributed by atoms with van der Waals surface area (Å²) in [5.74, 6) is 0.400. The predicted molar refractivity (Wildman–Crippen MR) is 80.8 cm³/mol. The molecular formula is C15H22N2O2S. The van der Waals surface area contributed by atoms with Gasteiger partial charge in [-0.05, 0) is 36.6 Å². The molecular weight excluding hydrogens is 272 g/mol. The summed E-state index contributed by atoms with van der Waals surface area (Å²) in [5.41, 5.74) is 0. The van der Waals surface area contributed by atoms with Crippen LogP contribution in [0.15, 0.2) is 17.5 Å².